The Balaban J connectivity index is 1.98. The van der Waals surface area contributed by atoms with Crippen LogP contribution in [0.25, 0.3) is 0 Å². The topological polar surface area (TPSA) is 75.7 Å². The minimum absolute atomic E-state index is 0.207. The van der Waals surface area contributed by atoms with E-state index in [2.05, 4.69) is 5.32 Å². The van der Waals surface area contributed by atoms with Gasteiger partial charge in [0.1, 0.15) is 5.75 Å². The zero-order valence-electron chi connectivity index (χ0n) is 15.3. The van der Waals surface area contributed by atoms with E-state index < -0.39 is 33.8 Å². The van der Waals surface area contributed by atoms with Gasteiger partial charge in [-0.2, -0.15) is 13.2 Å². The number of nitrogens with one attached hydrogen (secondary N) is 1. The molecule has 1 N–H and O–H groups in total. The maximum Gasteiger partial charge on any atom is 0.416 e. The van der Waals surface area contributed by atoms with Gasteiger partial charge in [-0.25, -0.2) is 8.42 Å². The molecule has 1 atom stereocenters. The minimum Gasteiger partial charge on any atom is -0.481 e. The monoisotopic (exact) mass is 416 g/mol. The molecule has 0 radical (unpaired) electrons. The molecule has 2 aromatic carbocycles. The maximum absolute atomic E-state index is 12.6. The van der Waals surface area contributed by atoms with Crippen LogP contribution in [-0.2, 0) is 21.0 Å². The summed E-state index contributed by atoms with van der Waals surface area (Å²) in [6.07, 6.45) is -4.30. The summed E-state index contributed by atoms with van der Waals surface area (Å²) in [6, 6.07) is 10.1. The van der Waals surface area contributed by atoms with Crippen molar-refractivity contribution in [2.24, 2.45) is 0 Å². The number of halogens is 3. The Morgan fingerprint density at radius 1 is 1.07 bits per heavy atom. The summed E-state index contributed by atoms with van der Waals surface area (Å²) >= 11 is 0. The van der Waals surface area contributed by atoms with Gasteiger partial charge in [-0.1, -0.05) is 0 Å². The smallest absolute Gasteiger partial charge is 0.416 e. The number of nitrogens with zero attached hydrogens (tertiary/aromatic N) is 1. The van der Waals surface area contributed by atoms with Gasteiger partial charge in [0.05, 0.1) is 17.5 Å². The molecule has 0 aliphatic carbocycles. The molecular formula is C18H19F3N2O4S. The van der Waals surface area contributed by atoms with Crippen molar-refractivity contribution in [3.05, 3.63) is 54.1 Å². The average molecular weight is 416 g/mol. The van der Waals surface area contributed by atoms with E-state index in [0.717, 1.165) is 34.8 Å². The summed E-state index contributed by atoms with van der Waals surface area (Å²) in [4.78, 5) is 12.2. The molecule has 0 aromatic heterocycles. The van der Waals surface area contributed by atoms with Crippen LogP contribution in [0.3, 0.4) is 0 Å². The highest BCUT2D eigenvalue weighted by Crippen LogP contribution is 2.30. The molecule has 10 heteroatoms. The van der Waals surface area contributed by atoms with Gasteiger partial charge in [0.15, 0.2) is 6.10 Å². The van der Waals surface area contributed by atoms with Gasteiger partial charge in [-0.15, -0.1) is 0 Å². The summed E-state index contributed by atoms with van der Waals surface area (Å²) in [5.41, 5.74) is -0.177. The molecule has 0 spiro atoms. The lowest BCUT2D eigenvalue weighted by atomic mass is 10.2. The van der Waals surface area contributed by atoms with Crippen LogP contribution in [0.15, 0.2) is 48.5 Å². The fraction of sp³-hybridized carbons (Fsp3) is 0.278. The van der Waals surface area contributed by atoms with Crippen molar-refractivity contribution in [1.82, 2.24) is 0 Å². The number of hydrogen-bond acceptors (Lipinski definition) is 4. The third-order valence-corrected chi connectivity index (χ3v) is 5.07. The molecular weight excluding hydrogens is 397 g/mol. The second kappa shape index (κ2) is 8.09. The van der Waals surface area contributed by atoms with Crippen molar-refractivity contribution in [1.29, 1.82) is 0 Å². The Hall–Kier alpha value is -2.75. The third-order valence-electron chi connectivity index (χ3n) is 3.86. The Labute approximate surface area is 161 Å². The Morgan fingerprint density at radius 2 is 1.61 bits per heavy atom. The molecule has 0 saturated heterocycles. The van der Waals surface area contributed by atoms with Crippen LogP contribution < -0.4 is 14.4 Å². The SMILES string of the molecule is CC(Oc1ccc(N(C)S(C)(=O)=O)cc1)C(=O)Nc1ccc(C(F)(F)F)cc1. The minimum atomic E-state index is -4.45. The molecule has 2 aromatic rings. The van der Waals surface area contributed by atoms with Crippen molar-refractivity contribution in [3.63, 3.8) is 0 Å². The number of sulfonamides is 1. The lowest BCUT2D eigenvalue weighted by molar-refractivity contribution is -0.137. The molecule has 0 fully saturated rings. The summed E-state index contributed by atoms with van der Waals surface area (Å²) in [6.45, 7) is 1.48. The zero-order chi connectivity index (χ0) is 21.1. The average Bonchev–Trinajstić information content (AvgIpc) is 2.60. The van der Waals surface area contributed by atoms with E-state index in [0.29, 0.717) is 11.4 Å². The standard InChI is InChI=1S/C18H19F3N2O4S/c1-12(17(24)22-14-6-4-13(5-7-14)18(19,20)21)27-16-10-8-15(9-11-16)23(2)28(3,25)26/h4-12H,1-3H3,(H,22,24). The fourth-order valence-corrected chi connectivity index (χ4v) is 2.67. The quantitative estimate of drug-likeness (QED) is 0.782. The van der Waals surface area contributed by atoms with E-state index in [-0.39, 0.29) is 5.69 Å². The largest absolute Gasteiger partial charge is 0.481 e. The van der Waals surface area contributed by atoms with E-state index >= 15 is 0 Å². The van der Waals surface area contributed by atoms with E-state index in [4.69, 9.17) is 4.74 Å². The van der Waals surface area contributed by atoms with Crippen molar-refractivity contribution in [3.8, 4) is 5.75 Å². The molecule has 1 amide bonds. The summed E-state index contributed by atoms with van der Waals surface area (Å²) in [5.74, 6) is -0.210. The molecule has 0 bridgehead atoms. The van der Waals surface area contributed by atoms with Gasteiger partial charge >= 0.3 is 6.18 Å². The van der Waals surface area contributed by atoms with E-state index in [9.17, 15) is 26.4 Å². The Morgan fingerprint density at radius 3 is 2.07 bits per heavy atom. The first kappa shape index (κ1) is 21.5. The predicted molar refractivity (Wildman–Crippen MR) is 99.9 cm³/mol. The van der Waals surface area contributed by atoms with Crippen LogP contribution >= 0.6 is 0 Å². The Kier molecular flexibility index (Phi) is 6.23. The normalized spacial score (nSPS) is 12.9. The zero-order valence-corrected chi connectivity index (χ0v) is 16.1. The van der Waals surface area contributed by atoms with Gasteiger partial charge in [0, 0.05) is 12.7 Å². The lowest BCUT2D eigenvalue weighted by Crippen LogP contribution is -2.30. The first-order valence-electron chi connectivity index (χ1n) is 8.06. The first-order valence-corrected chi connectivity index (χ1v) is 9.91. The third kappa shape index (κ3) is 5.62. The van der Waals surface area contributed by atoms with Gasteiger partial charge in [-0.3, -0.25) is 9.10 Å². The number of hydrogen-bond donors (Lipinski definition) is 1. The highest BCUT2D eigenvalue weighted by atomic mass is 32.2. The molecule has 1 unspecified atom stereocenters. The summed E-state index contributed by atoms with van der Waals surface area (Å²) < 4.78 is 67.3. The summed E-state index contributed by atoms with van der Waals surface area (Å²) in [7, 11) is -1.99. The maximum atomic E-state index is 12.6. The van der Waals surface area contributed by atoms with Crippen molar-refractivity contribution < 1.29 is 31.1 Å². The highest BCUT2D eigenvalue weighted by molar-refractivity contribution is 7.92. The van der Waals surface area contributed by atoms with Crippen LogP contribution in [0.1, 0.15) is 12.5 Å². The number of ether oxygens (including phenoxy) is 1. The number of amides is 1. The molecule has 0 heterocycles. The molecule has 152 valence electrons. The molecule has 2 rings (SSSR count). The molecule has 28 heavy (non-hydrogen) atoms. The molecule has 6 nitrogen and oxygen atoms in total. The number of alkyl halides is 3. The number of carbonyl (C=O) groups excluding carboxylic acids is 1. The molecule has 0 aliphatic rings. The van der Waals surface area contributed by atoms with Crippen LogP contribution in [0.5, 0.6) is 5.75 Å². The second-order valence-electron chi connectivity index (χ2n) is 6.05. The van der Waals surface area contributed by atoms with Crippen LogP contribution in [-0.4, -0.2) is 33.7 Å². The van der Waals surface area contributed by atoms with Crippen molar-refractivity contribution >= 4 is 27.3 Å². The number of rotatable bonds is 6. The first-order chi connectivity index (χ1) is 12.9. The number of carbonyl (C=O) groups is 1. The van der Waals surface area contributed by atoms with E-state index in [1.165, 1.54) is 38.2 Å². The molecule has 0 saturated carbocycles. The van der Waals surface area contributed by atoms with Crippen molar-refractivity contribution in [2.45, 2.75) is 19.2 Å². The lowest BCUT2D eigenvalue weighted by Gasteiger charge is -2.18. The van der Waals surface area contributed by atoms with Gasteiger partial charge in [0.2, 0.25) is 10.0 Å². The highest BCUT2D eigenvalue weighted by Gasteiger charge is 2.30. The van der Waals surface area contributed by atoms with Crippen LogP contribution in [0, 0.1) is 0 Å². The van der Waals surface area contributed by atoms with Gasteiger partial charge in [-0.05, 0) is 55.5 Å². The van der Waals surface area contributed by atoms with Crippen LogP contribution in [0.2, 0.25) is 0 Å². The van der Waals surface area contributed by atoms with Crippen LogP contribution in [0.4, 0.5) is 24.5 Å². The second-order valence-corrected chi connectivity index (χ2v) is 8.06. The fourth-order valence-electron chi connectivity index (χ4n) is 2.17. The van der Waals surface area contributed by atoms with Gasteiger partial charge in [0.25, 0.3) is 5.91 Å². The summed E-state index contributed by atoms with van der Waals surface area (Å²) in [5, 5.41) is 2.47. The van der Waals surface area contributed by atoms with E-state index in [1.54, 1.807) is 0 Å². The number of benzene rings is 2. The van der Waals surface area contributed by atoms with Crippen molar-refractivity contribution in [2.75, 3.05) is 22.9 Å². The number of anilines is 2. The molecule has 0 aliphatic heterocycles. The predicted octanol–water partition coefficient (Wildman–Crippen LogP) is 3.51. The van der Waals surface area contributed by atoms with Gasteiger partial charge < -0.3 is 10.1 Å². The van der Waals surface area contributed by atoms with E-state index in [1.807, 2.05) is 0 Å². The Bertz CT molecular complexity index is 927.